The van der Waals surface area contributed by atoms with E-state index >= 15 is 8.78 Å². The summed E-state index contributed by atoms with van der Waals surface area (Å²) >= 11 is 8.12. The molecule has 0 amide bonds. The molecule has 0 saturated carbocycles. The summed E-state index contributed by atoms with van der Waals surface area (Å²) in [5.41, 5.74) is 1.14. The van der Waals surface area contributed by atoms with Crippen LogP contribution in [0.3, 0.4) is 0 Å². The molecule has 262 valence electrons. The number of rotatable bonds is 0. The summed E-state index contributed by atoms with van der Waals surface area (Å²) in [6.45, 7) is -9.08. The molecule has 3 N–H and O–H groups in total. The van der Waals surface area contributed by atoms with Crippen molar-refractivity contribution in [3.8, 4) is 0 Å². The molecule has 4 unspecified atom stereocenters. The van der Waals surface area contributed by atoms with Gasteiger partial charge in [-0.2, -0.15) is 0 Å². The predicted molar refractivity (Wildman–Crippen MR) is 171 cm³/mol. The van der Waals surface area contributed by atoms with Gasteiger partial charge in [0.15, 0.2) is 58.8 Å². The van der Waals surface area contributed by atoms with Gasteiger partial charge in [-0.1, -0.05) is 24.5 Å². The third-order valence-corrected chi connectivity index (χ3v) is 12.1. The number of anilines is 2. The third kappa shape index (κ3) is 5.81. The number of nitrogens with one attached hydrogen (secondary N) is 3. The summed E-state index contributed by atoms with van der Waals surface area (Å²) in [5.74, 6) is 0.813. The van der Waals surface area contributed by atoms with E-state index < -0.39 is 76.0 Å². The highest BCUT2D eigenvalue weighted by Gasteiger charge is 2.54. The number of fused-ring (bicyclic) bond motifs is 8. The fourth-order valence-corrected chi connectivity index (χ4v) is 9.39. The first kappa shape index (κ1) is 32.4. The van der Waals surface area contributed by atoms with E-state index in [1.807, 2.05) is 0 Å². The number of hydrogen-bond donors (Lipinski definition) is 5. The molecule has 4 aromatic rings. The maximum Gasteiger partial charge on any atom is 0.386 e. The number of halogens is 2. The van der Waals surface area contributed by atoms with E-state index in [1.165, 1.54) is 34.4 Å². The quantitative estimate of drug-likeness (QED) is 0.0984. The van der Waals surface area contributed by atoms with Crippen molar-refractivity contribution in [3.63, 3.8) is 0 Å². The Bertz CT molecular complexity index is 1890. The van der Waals surface area contributed by atoms with Crippen molar-refractivity contribution in [2.75, 3.05) is 36.9 Å². The fraction of sp³-hybridized carbons (Fsp3) is 0.583. The molecule has 12 atom stereocenters. The van der Waals surface area contributed by atoms with E-state index in [4.69, 9.17) is 27.6 Å². The Morgan fingerprint density at radius 1 is 0.714 bits per heavy atom. The van der Waals surface area contributed by atoms with Crippen LogP contribution < -0.4 is 16.0 Å². The molecule has 0 aliphatic carbocycles. The monoisotopic (exact) mass is 761 g/mol. The average Bonchev–Trinajstić information content (AvgIpc) is 3.34. The second-order valence-corrected chi connectivity index (χ2v) is 17.7. The van der Waals surface area contributed by atoms with Gasteiger partial charge in [-0.15, -0.1) is 0 Å². The Morgan fingerprint density at radius 3 is 1.61 bits per heavy atom. The van der Waals surface area contributed by atoms with Crippen molar-refractivity contribution in [2.45, 2.75) is 61.3 Å². The second kappa shape index (κ2) is 12.0. The Labute approximate surface area is 284 Å². The number of nitrogens with zero attached hydrogens (tertiary/aromatic N) is 8. The zero-order valence-electron chi connectivity index (χ0n) is 24.8. The molecule has 4 fully saturated rings. The lowest BCUT2D eigenvalue weighted by Gasteiger charge is -2.28. The van der Waals surface area contributed by atoms with Gasteiger partial charge in [0.05, 0.1) is 25.9 Å². The molecule has 10 heterocycles. The summed E-state index contributed by atoms with van der Waals surface area (Å²) < 4.78 is 96.4. The first-order chi connectivity index (χ1) is 23.6. The number of thiol groups is 2. The van der Waals surface area contributed by atoms with Gasteiger partial charge in [0, 0.05) is 25.2 Å². The van der Waals surface area contributed by atoms with Crippen LogP contribution in [0.4, 0.5) is 20.4 Å². The molecule has 6 aliphatic heterocycles. The van der Waals surface area contributed by atoms with Crippen LogP contribution in [0.5, 0.6) is 0 Å². The van der Waals surface area contributed by atoms with Crippen LogP contribution in [0, 0.1) is 0 Å². The van der Waals surface area contributed by atoms with Crippen molar-refractivity contribution >= 4 is 72.1 Å². The van der Waals surface area contributed by atoms with Crippen LogP contribution in [0.1, 0.15) is 12.5 Å². The SMILES string of the molecule is O=[P@]1(S)OCC2O[C@@H]3[C@H](F)[C@@H]2O[P@](=O)(S)OCC2O[C@H]([C@H](F)[C@@H]2O1)n1cnc2c(ncnc21)NCC1NC1CNc1ncnc2c1ncn23. The number of hydrogen-bond acceptors (Lipinski definition) is 17. The molecular weight excluding hydrogens is 734 g/mol. The third-order valence-electron chi connectivity index (χ3n) is 8.90. The zero-order valence-corrected chi connectivity index (χ0v) is 28.4. The van der Waals surface area contributed by atoms with E-state index in [-0.39, 0.29) is 23.4 Å². The Hall–Kier alpha value is -2.56. The zero-order chi connectivity index (χ0) is 33.7. The minimum atomic E-state index is -4.39. The molecule has 25 heteroatoms. The molecular formula is C24H27F2N11O8P2S2. The van der Waals surface area contributed by atoms with Crippen LogP contribution in [0.25, 0.3) is 22.3 Å². The highest BCUT2D eigenvalue weighted by Crippen LogP contribution is 2.60. The summed E-state index contributed by atoms with van der Waals surface area (Å²) in [6.07, 6.45) is -7.49. The normalized spacial score (nSPS) is 40.8. The van der Waals surface area contributed by atoms with Gasteiger partial charge in [0.1, 0.15) is 37.1 Å². The Balaban J connectivity index is 1.12. The average molecular weight is 762 g/mol. The fourth-order valence-electron chi connectivity index (χ4n) is 6.43. The van der Waals surface area contributed by atoms with Crippen LogP contribution >= 0.6 is 38.1 Å². The summed E-state index contributed by atoms with van der Waals surface area (Å²) in [4.78, 5) is 26.0. The lowest BCUT2D eigenvalue weighted by atomic mass is 10.1. The van der Waals surface area contributed by atoms with Crippen LogP contribution in [-0.2, 0) is 36.7 Å². The molecule has 0 spiro atoms. The number of ether oxygens (including phenoxy) is 2. The first-order valence-corrected chi connectivity index (χ1v) is 20.4. The Kier molecular flexibility index (Phi) is 7.93. The van der Waals surface area contributed by atoms with E-state index in [0.29, 0.717) is 35.8 Å². The van der Waals surface area contributed by atoms with E-state index in [1.54, 1.807) is 0 Å². The van der Waals surface area contributed by atoms with Crippen molar-refractivity contribution in [1.29, 1.82) is 0 Å². The van der Waals surface area contributed by atoms with E-state index in [0.717, 1.165) is 0 Å². The second-order valence-electron chi connectivity index (χ2n) is 11.9. The highest BCUT2D eigenvalue weighted by atomic mass is 32.7. The maximum atomic E-state index is 16.3. The van der Waals surface area contributed by atoms with Crippen LogP contribution in [0.15, 0.2) is 25.3 Å². The van der Waals surface area contributed by atoms with Crippen molar-refractivity contribution in [1.82, 2.24) is 44.4 Å². The predicted octanol–water partition coefficient (Wildman–Crippen LogP) is 2.21. The van der Waals surface area contributed by atoms with E-state index in [9.17, 15) is 9.13 Å². The van der Waals surface area contributed by atoms with Crippen molar-refractivity contribution < 1.29 is 45.5 Å². The maximum absolute atomic E-state index is 16.3. The molecule has 0 aromatic carbocycles. The number of aromatic nitrogens is 8. The molecule has 19 nitrogen and oxygen atoms in total. The minimum Gasteiger partial charge on any atom is -0.366 e. The lowest BCUT2D eigenvalue weighted by Crippen LogP contribution is -2.36. The molecule has 49 heavy (non-hydrogen) atoms. The van der Waals surface area contributed by atoms with Crippen molar-refractivity contribution in [2.24, 2.45) is 0 Å². The topological polar surface area (TPSA) is 223 Å². The minimum absolute atomic E-state index is 0.0626. The molecule has 10 rings (SSSR count). The van der Waals surface area contributed by atoms with Gasteiger partial charge in [0.25, 0.3) is 0 Å². The summed E-state index contributed by atoms with van der Waals surface area (Å²) in [6, 6.07) is 0.125. The van der Waals surface area contributed by atoms with Crippen LogP contribution in [-0.4, -0.2) is 114 Å². The highest BCUT2D eigenvalue weighted by molar-refractivity contribution is 8.44. The van der Waals surface area contributed by atoms with Gasteiger partial charge >= 0.3 is 13.6 Å². The Morgan fingerprint density at radius 2 is 1.16 bits per heavy atom. The smallest absolute Gasteiger partial charge is 0.366 e. The van der Waals surface area contributed by atoms with E-state index in [2.05, 4.69) is 70.4 Å². The molecule has 6 aliphatic rings. The number of alkyl halides is 2. The first-order valence-electron chi connectivity index (χ1n) is 15.0. The van der Waals surface area contributed by atoms with Crippen LogP contribution in [0.2, 0.25) is 0 Å². The summed E-state index contributed by atoms with van der Waals surface area (Å²) in [5, 5.41) is 9.89. The van der Waals surface area contributed by atoms with Gasteiger partial charge in [-0.05, 0) is 0 Å². The number of imidazole rings is 2. The largest absolute Gasteiger partial charge is 0.386 e. The van der Waals surface area contributed by atoms with Gasteiger partial charge < -0.3 is 25.4 Å². The molecule has 14 bridgehead atoms. The standard InChI is InChI=1S/C24H27F2N11O8P2S2/c25-13-17-11-3-40-47(39,49)45-18-12(4-41-46(38,48)44-17)43-24(14(18)26)37-8-34-16-20(30-6-32-22(16)37)28-2-10-9(35-10)1-27-19-15-21(31-5-29-19)36(7-33-15)23(13)42-11/h5-14,17-18,23-24,35H,1-4H2,(H,38,48)(H,39,49)(H,27,29,31)(H,28,30,32)/t9?,10?,11?,12?,13-,14-,17-,18-,23-,24-,46-,47+/m1/s1. The van der Waals surface area contributed by atoms with Crippen molar-refractivity contribution in [3.05, 3.63) is 25.3 Å². The van der Waals surface area contributed by atoms with Gasteiger partial charge in [0.2, 0.25) is 0 Å². The molecule has 4 aromatic heterocycles. The lowest BCUT2D eigenvalue weighted by molar-refractivity contribution is -0.0544. The van der Waals surface area contributed by atoms with Gasteiger partial charge in [-0.25, -0.2) is 47.8 Å². The molecule has 4 saturated heterocycles. The molecule has 0 radical (unpaired) electrons. The van der Waals surface area contributed by atoms with Gasteiger partial charge in [-0.3, -0.25) is 27.2 Å². The summed E-state index contributed by atoms with van der Waals surface area (Å²) in [7, 11) is 0.